The number of carbonyl (C=O) groups is 1. The van der Waals surface area contributed by atoms with Crippen LogP contribution in [0.5, 0.6) is 0 Å². The van der Waals surface area contributed by atoms with Crippen LogP contribution in [-0.2, 0) is 0 Å². The van der Waals surface area contributed by atoms with Crippen molar-refractivity contribution in [2.75, 3.05) is 44.6 Å². The molecule has 1 spiro atoms. The first-order chi connectivity index (χ1) is 12.1. The van der Waals surface area contributed by atoms with Crippen LogP contribution in [0.25, 0.3) is 0 Å². The van der Waals surface area contributed by atoms with Gasteiger partial charge in [-0.3, -0.25) is 4.79 Å². The lowest BCUT2D eigenvalue weighted by atomic mass is 9.79. The van der Waals surface area contributed by atoms with Crippen molar-refractivity contribution in [1.29, 1.82) is 0 Å². The summed E-state index contributed by atoms with van der Waals surface area (Å²) in [6.07, 6.45) is 6.58. The smallest absolute Gasteiger partial charge is 0.265 e. The summed E-state index contributed by atoms with van der Waals surface area (Å²) in [6, 6.07) is 0. The number of aromatic nitrogens is 1. The maximum Gasteiger partial charge on any atom is 0.265 e. The Labute approximate surface area is 154 Å². The molecule has 2 aliphatic heterocycles. The third-order valence-corrected chi connectivity index (χ3v) is 7.10. The third kappa shape index (κ3) is 3.70. The predicted molar refractivity (Wildman–Crippen MR) is 102 cm³/mol. The Morgan fingerprint density at radius 2 is 2.16 bits per heavy atom. The molecule has 0 bridgehead atoms. The van der Waals surface area contributed by atoms with E-state index >= 15 is 0 Å². The van der Waals surface area contributed by atoms with E-state index in [0.29, 0.717) is 5.41 Å². The standard InChI is InChI=1S/C19H30N4OS/c1-3-20-18-21-14(2)16(25-18)17(24)23-10-8-19(13-23)7-4-9-22(12-19)11-15-5-6-15/h15H,3-13H2,1-2H3,(H,20,21). The topological polar surface area (TPSA) is 48.5 Å². The minimum absolute atomic E-state index is 0.190. The molecule has 0 aromatic carbocycles. The lowest BCUT2D eigenvalue weighted by Crippen LogP contribution is -2.46. The molecule has 1 aromatic rings. The molecule has 1 amide bonds. The first kappa shape index (κ1) is 17.3. The number of aryl methyl sites for hydroxylation is 1. The second kappa shape index (κ2) is 6.88. The SMILES string of the molecule is CCNc1nc(C)c(C(=O)N2CCC3(CCCN(CC4CC4)C3)C2)s1. The van der Waals surface area contributed by atoms with Crippen molar-refractivity contribution in [2.45, 2.75) is 46.0 Å². The van der Waals surface area contributed by atoms with Crippen LogP contribution in [0.4, 0.5) is 5.13 Å². The van der Waals surface area contributed by atoms with E-state index in [2.05, 4.69) is 27.0 Å². The summed E-state index contributed by atoms with van der Waals surface area (Å²) in [5.41, 5.74) is 1.21. The molecule has 6 heteroatoms. The Morgan fingerprint density at radius 3 is 2.92 bits per heavy atom. The highest BCUT2D eigenvalue weighted by atomic mass is 32.1. The molecule has 4 rings (SSSR count). The Morgan fingerprint density at radius 1 is 1.32 bits per heavy atom. The van der Waals surface area contributed by atoms with Crippen LogP contribution in [0.3, 0.4) is 0 Å². The van der Waals surface area contributed by atoms with Gasteiger partial charge in [-0.25, -0.2) is 4.98 Å². The van der Waals surface area contributed by atoms with Gasteiger partial charge >= 0.3 is 0 Å². The highest BCUT2D eigenvalue weighted by molar-refractivity contribution is 7.17. The largest absolute Gasteiger partial charge is 0.362 e. The van der Waals surface area contributed by atoms with Crippen LogP contribution in [0.15, 0.2) is 0 Å². The van der Waals surface area contributed by atoms with Gasteiger partial charge < -0.3 is 15.1 Å². The maximum absolute atomic E-state index is 13.0. The molecule has 138 valence electrons. The predicted octanol–water partition coefficient (Wildman–Crippen LogP) is 3.22. The fourth-order valence-corrected chi connectivity index (χ4v) is 5.54. The summed E-state index contributed by atoms with van der Waals surface area (Å²) < 4.78 is 0. The number of carbonyl (C=O) groups excluding carboxylic acids is 1. The van der Waals surface area contributed by atoms with Crippen molar-refractivity contribution in [3.63, 3.8) is 0 Å². The number of hydrogen-bond acceptors (Lipinski definition) is 5. The minimum Gasteiger partial charge on any atom is -0.362 e. The highest BCUT2D eigenvalue weighted by Crippen LogP contribution is 2.41. The molecular formula is C19H30N4OS. The Balaban J connectivity index is 1.41. The zero-order chi connectivity index (χ0) is 17.4. The molecule has 2 saturated heterocycles. The van der Waals surface area contributed by atoms with E-state index in [1.807, 2.05) is 6.92 Å². The number of amides is 1. The van der Waals surface area contributed by atoms with Crippen molar-refractivity contribution < 1.29 is 4.79 Å². The first-order valence-electron chi connectivity index (χ1n) is 9.81. The van der Waals surface area contributed by atoms with E-state index < -0.39 is 0 Å². The van der Waals surface area contributed by atoms with Gasteiger partial charge in [0.05, 0.1) is 5.69 Å². The molecular weight excluding hydrogens is 332 g/mol. The van der Waals surface area contributed by atoms with E-state index in [1.165, 1.54) is 56.7 Å². The summed E-state index contributed by atoms with van der Waals surface area (Å²) in [5.74, 6) is 1.15. The monoisotopic (exact) mass is 362 g/mol. The van der Waals surface area contributed by atoms with Gasteiger partial charge in [0.15, 0.2) is 5.13 Å². The molecule has 1 atom stereocenters. The number of nitrogens with zero attached hydrogens (tertiary/aromatic N) is 3. The fraction of sp³-hybridized carbons (Fsp3) is 0.789. The van der Waals surface area contributed by atoms with Gasteiger partial charge in [-0.05, 0) is 58.4 Å². The quantitative estimate of drug-likeness (QED) is 0.874. The molecule has 5 nitrogen and oxygen atoms in total. The molecule has 3 fully saturated rings. The normalized spacial score (nSPS) is 27.2. The number of rotatable bonds is 5. The van der Waals surface area contributed by atoms with Crippen molar-refractivity contribution in [3.8, 4) is 0 Å². The van der Waals surface area contributed by atoms with Crippen molar-refractivity contribution in [1.82, 2.24) is 14.8 Å². The van der Waals surface area contributed by atoms with Crippen molar-refractivity contribution >= 4 is 22.4 Å². The van der Waals surface area contributed by atoms with Crippen LogP contribution < -0.4 is 5.32 Å². The molecule has 1 unspecified atom stereocenters. The molecule has 0 radical (unpaired) electrons. The Kier molecular flexibility index (Phi) is 4.75. The summed E-state index contributed by atoms with van der Waals surface area (Å²) >= 11 is 1.51. The lowest BCUT2D eigenvalue weighted by molar-refractivity contribution is 0.0684. The second-order valence-electron chi connectivity index (χ2n) is 8.22. The molecule has 3 aliphatic rings. The highest BCUT2D eigenvalue weighted by Gasteiger charge is 2.44. The number of likely N-dealkylation sites (tertiary alicyclic amines) is 2. The number of thiazole rings is 1. The third-order valence-electron chi connectivity index (χ3n) is 6.00. The summed E-state index contributed by atoms with van der Waals surface area (Å²) in [4.78, 5) is 23.1. The number of anilines is 1. The molecule has 25 heavy (non-hydrogen) atoms. The second-order valence-corrected chi connectivity index (χ2v) is 9.22. The van der Waals surface area contributed by atoms with E-state index in [0.717, 1.165) is 47.7 Å². The fourth-order valence-electron chi connectivity index (χ4n) is 4.54. The van der Waals surface area contributed by atoms with Crippen LogP contribution >= 0.6 is 11.3 Å². The Hall–Kier alpha value is -1.14. The molecule has 3 heterocycles. The van der Waals surface area contributed by atoms with Gasteiger partial charge in [0.2, 0.25) is 0 Å². The molecule has 1 N–H and O–H groups in total. The van der Waals surface area contributed by atoms with Gasteiger partial charge in [-0.1, -0.05) is 11.3 Å². The maximum atomic E-state index is 13.0. The zero-order valence-corrected chi connectivity index (χ0v) is 16.3. The average Bonchev–Trinajstić information content (AvgIpc) is 3.19. The van der Waals surface area contributed by atoms with E-state index in [-0.39, 0.29) is 5.91 Å². The number of hydrogen-bond donors (Lipinski definition) is 1. The summed E-state index contributed by atoms with van der Waals surface area (Å²) in [6.45, 7) is 10.4. The first-order valence-corrected chi connectivity index (χ1v) is 10.6. The van der Waals surface area contributed by atoms with Crippen molar-refractivity contribution in [3.05, 3.63) is 10.6 Å². The van der Waals surface area contributed by atoms with Crippen LogP contribution in [0.1, 0.15) is 54.4 Å². The molecule has 1 aromatic heterocycles. The number of nitrogens with one attached hydrogen (secondary N) is 1. The van der Waals surface area contributed by atoms with Gasteiger partial charge in [0, 0.05) is 38.1 Å². The average molecular weight is 363 g/mol. The van der Waals surface area contributed by atoms with Crippen LogP contribution in [0.2, 0.25) is 0 Å². The summed E-state index contributed by atoms with van der Waals surface area (Å²) in [5, 5.41) is 4.10. The van der Waals surface area contributed by atoms with Crippen molar-refractivity contribution in [2.24, 2.45) is 11.3 Å². The van der Waals surface area contributed by atoms with Crippen LogP contribution in [-0.4, -0.2) is 60.0 Å². The van der Waals surface area contributed by atoms with Gasteiger partial charge in [-0.2, -0.15) is 0 Å². The molecule has 1 aliphatic carbocycles. The lowest BCUT2D eigenvalue weighted by Gasteiger charge is -2.40. The van der Waals surface area contributed by atoms with E-state index in [4.69, 9.17) is 0 Å². The zero-order valence-electron chi connectivity index (χ0n) is 15.5. The van der Waals surface area contributed by atoms with Gasteiger partial charge in [-0.15, -0.1) is 0 Å². The summed E-state index contributed by atoms with van der Waals surface area (Å²) in [7, 11) is 0. The number of piperidine rings is 1. The molecule has 1 saturated carbocycles. The van der Waals surface area contributed by atoms with Gasteiger partial charge in [0.1, 0.15) is 4.88 Å². The minimum atomic E-state index is 0.190. The van der Waals surface area contributed by atoms with Gasteiger partial charge in [0.25, 0.3) is 5.91 Å². The van der Waals surface area contributed by atoms with E-state index in [1.54, 1.807) is 0 Å². The van der Waals surface area contributed by atoms with Crippen LogP contribution in [0, 0.1) is 18.3 Å². The van der Waals surface area contributed by atoms with E-state index in [9.17, 15) is 4.79 Å². The Bertz CT molecular complexity index is 641.